The number of aliphatic hydroxyl groups is 1. The second kappa shape index (κ2) is 7.06. The third kappa shape index (κ3) is 3.80. The van der Waals surface area contributed by atoms with E-state index in [-0.39, 0.29) is 5.41 Å². The first-order chi connectivity index (χ1) is 9.29. The molecule has 0 unspecified atom stereocenters. The SMILES string of the molecule is CCCn1ccnc1CNCC1(CO)CCCCC1. The van der Waals surface area contributed by atoms with Gasteiger partial charge in [0.15, 0.2) is 0 Å². The van der Waals surface area contributed by atoms with E-state index in [0.29, 0.717) is 6.61 Å². The van der Waals surface area contributed by atoms with Crippen molar-refractivity contribution in [3.8, 4) is 0 Å². The van der Waals surface area contributed by atoms with Crippen molar-refractivity contribution in [3.05, 3.63) is 18.2 Å². The van der Waals surface area contributed by atoms with Crippen LogP contribution in [0.4, 0.5) is 0 Å². The Balaban J connectivity index is 1.83. The Morgan fingerprint density at radius 2 is 2.16 bits per heavy atom. The molecule has 0 aromatic carbocycles. The van der Waals surface area contributed by atoms with Crippen LogP contribution in [0, 0.1) is 5.41 Å². The minimum absolute atomic E-state index is 0.112. The van der Waals surface area contributed by atoms with Gasteiger partial charge in [-0.2, -0.15) is 0 Å². The van der Waals surface area contributed by atoms with E-state index in [4.69, 9.17) is 0 Å². The Labute approximate surface area is 116 Å². The van der Waals surface area contributed by atoms with Crippen molar-refractivity contribution in [2.45, 2.75) is 58.5 Å². The molecule has 108 valence electrons. The molecule has 1 aliphatic rings. The number of nitrogens with zero attached hydrogens (tertiary/aromatic N) is 2. The Morgan fingerprint density at radius 1 is 1.37 bits per heavy atom. The molecule has 1 heterocycles. The molecule has 4 nitrogen and oxygen atoms in total. The second-order valence-electron chi connectivity index (χ2n) is 5.86. The molecular formula is C15H27N3O. The Kier molecular flexibility index (Phi) is 5.40. The third-order valence-electron chi connectivity index (χ3n) is 4.30. The van der Waals surface area contributed by atoms with Crippen LogP contribution >= 0.6 is 0 Å². The highest BCUT2D eigenvalue weighted by Crippen LogP contribution is 2.35. The van der Waals surface area contributed by atoms with E-state index in [1.54, 1.807) is 0 Å². The Morgan fingerprint density at radius 3 is 2.84 bits per heavy atom. The van der Waals surface area contributed by atoms with Gasteiger partial charge in [-0.3, -0.25) is 0 Å². The number of aryl methyl sites for hydroxylation is 1. The average molecular weight is 265 g/mol. The topological polar surface area (TPSA) is 50.1 Å². The summed E-state index contributed by atoms with van der Waals surface area (Å²) in [6.45, 7) is 5.22. The molecule has 0 spiro atoms. The maximum Gasteiger partial charge on any atom is 0.122 e. The van der Waals surface area contributed by atoms with Crippen LogP contribution in [0.1, 0.15) is 51.3 Å². The monoisotopic (exact) mass is 265 g/mol. The highest BCUT2D eigenvalue weighted by molar-refractivity contribution is 4.93. The largest absolute Gasteiger partial charge is 0.396 e. The van der Waals surface area contributed by atoms with Crippen LogP contribution in [0.5, 0.6) is 0 Å². The van der Waals surface area contributed by atoms with Gasteiger partial charge in [-0.25, -0.2) is 4.98 Å². The summed E-state index contributed by atoms with van der Waals surface area (Å²) in [6, 6.07) is 0. The van der Waals surface area contributed by atoms with E-state index in [1.807, 2.05) is 12.4 Å². The number of hydrogen-bond acceptors (Lipinski definition) is 3. The molecule has 2 N–H and O–H groups in total. The van der Waals surface area contributed by atoms with Gasteiger partial charge in [0.2, 0.25) is 0 Å². The number of rotatable bonds is 7. The van der Waals surface area contributed by atoms with Crippen molar-refractivity contribution in [2.24, 2.45) is 5.41 Å². The number of aromatic nitrogens is 2. The summed E-state index contributed by atoms with van der Waals surface area (Å²) in [5.74, 6) is 1.10. The van der Waals surface area contributed by atoms with Crippen molar-refractivity contribution < 1.29 is 5.11 Å². The van der Waals surface area contributed by atoms with Crippen LogP contribution < -0.4 is 5.32 Å². The minimum atomic E-state index is 0.112. The molecular weight excluding hydrogens is 238 g/mol. The van der Waals surface area contributed by atoms with Crippen molar-refractivity contribution in [1.82, 2.24) is 14.9 Å². The normalized spacial score (nSPS) is 18.6. The number of aliphatic hydroxyl groups excluding tert-OH is 1. The van der Waals surface area contributed by atoms with E-state index < -0.39 is 0 Å². The molecule has 1 aromatic heterocycles. The lowest BCUT2D eigenvalue weighted by Crippen LogP contribution is -2.39. The minimum Gasteiger partial charge on any atom is -0.396 e. The van der Waals surface area contributed by atoms with Gasteiger partial charge in [-0.05, 0) is 19.3 Å². The zero-order chi connectivity index (χ0) is 13.6. The summed E-state index contributed by atoms with van der Waals surface area (Å²) in [4.78, 5) is 4.40. The smallest absolute Gasteiger partial charge is 0.122 e. The first kappa shape index (κ1) is 14.5. The number of imidazole rings is 1. The van der Waals surface area contributed by atoms with Crippen LogP contribution in [0.2, 0.25) is 0 Å². The van der Waals surface area contributed by atoms with Crippen molar-refractivity contribution in [3.63, 3.8) is 0 Å². The molecule has 0 aliphatic heterocycles. The standard InChI is InChI=1S/C15H27N3O/c1-2-9-18-10-8-17-14(18)11-16-12-15(13-19)6-4-3-5-7-15/h8,10,16,19H,2-7,9,11-13H2,1H3. The second-order valence-corrected chi connectivity index (χ2v) is 5.86. The van der Waals surface area contributed by atoms with Gasteiger partial charge in [0, 0.05) is 37.5 Å². The van der Waals surface area contributed by atoms with Crippen LogP contribution in [-0.2, 0) is 13.1 Å². The Hall–Kier alpha value is -0.870. The highest BCUT2D eigenvalue weighted by atomic mass is 16.3. The van der Waals surface area contributed by atoms with Gasteiger partial charge < -0.3 is 15.0 Å². The van der Waals surface area contributed by atoms with Gasteiger partial charge in [-0.1, -0.05) is 26.2 Å². The van der Waals surface area contributed by atoms with Gasteiger partial charge >= 0.3 is 0 Å². The van der Waals surface area contributed by atoms with Gasteiger partial charge in [0.05, 0.1) is 6.54 Å². The van der Waals surface area contributed by atoms with Crippen molar-refractivity contribution in [1.29, 1.82) is 0 Å². The lowest BCUT2D eigenvalue weighted by Gasteiger charge is -2.35. The molecule has 0 amide bonds. The van der Waals surface area contributed by atoms with Crippen molar-refractivity contribution in [2.75, 3.05) is 13.2 Å². The predicted molar refractivity (Wildman–Crippen MR) is 76.8 cm³/mol. The molecule has 1 fully saturated rings. The molecule has 0 bridgehead atoms. The summed E-state index contributed by atoms with van der Waals surface area (Å²) in [5, 5.41) is 13.2. The summed E-state index contributed by atoms with van der Waals surface area (Å²) in [5.41, 5.74) is 0.112. The molecule has 0 radical (unpaired) electrons. The van der Waals surface area contributed by atoms with E-state index in [1.165, 1.54) is 19.3 Å². The van der Waals surface area contributed by atoms with E-state index in [9.17, 15) is 5.11 Å². The lowest BCUT2D eigenvalue weighted by atomic mass is 9.74. The van der Waals surface area contributed by atoms with Gasteiger partial charge in [0.1, 0.15) is 5.82 Å². The van der Waals surface area contributed by atoms with E-state index in [2.05, 4.69) is 21.8 Å². The predicted octanol–water partition coefficient (Wildman–Crippen LogP) is 2.33. The Bertz CT molecular complexity index is 369. The fraction of sp³-hybridized carbons (Fsp3) is 0.800. The van der Waals surface area contributed by atoms with E-state index in [0.717, 1.165) is 44.7 Å². The molecule has 2 rings (SSSR count). The fourth-order valence-electron chi connectivity index (χ4n) is 3.08. The molecule has 0 atom stereocenters. The first-order valence-corrected chi connectivity index (χ1v) is 7.61. The maximum atomic E-state index is 9.68. The van der Waals surface area contributed by atoms with E-state index >= 15 is 0 Å². The van der Waals surface area contributed by atoms with Crippen LogP contribution in [-0.4, -0.2) is 27.8 Å². The highest BCUT2D eigenvalue weighted by Gasteiger charge is 2.30. The molecule has 19 heavy (non-hydrogen) atoms. The van der Waals surface area contributed by atoms with Gasteiger partial charge in [0.25, 0.3) is 0 Å². The average Bonchev–Trinajstić information content (AvgIpc) is 2.88. The summed E-state index contributed by atoms with van der Waals surface area (Å²) in [7, 11) is 0. The van der Waals surface area contributed by atoms with Crippen LogP contribution in [0.25, 0.3) is 0 Å². The molecule has 0 saturated heterocycles. The maximum absolute atomic E-state index is 9.68. The number of hydrogen-bond donors (Lipinski definition) is 2. The fourth-order valence-corrected chi connectivity index (χ4v) is 3.08. The third-order valence-corrected chi connectivity index (χ3v) is 4.30. The molecule has 1 aromatic rings. The quantitative estimate of drug-likeness (QED) is 0.795. The zero-order valence-corrected chi connectivity index (χ0v) is 12.1. The van der Waals surface area contributed by atoms with Crippen LogP contribution in [0.15, 0.2) is 12.4 Å². The zero-order valence-electron chi connectivity index (χ0n) is 12.1. The summed E-state index contributed by atoms with van der Waals surface area (Å²) >= 11 is 0. The lowest BCUT2D eigenvalue weighted by molar-refractivity contribution is 0.0808. The summed E-state index contributed by atoms with van der Waals surface area (Å²) < 4.78 is 2.21. The summed E-state index contributed by atoms with van der Waals surface area (Å²) in [6.07, 6.45) is 11.2. The molecule has 1 saturated carbocycles. The van der Waals surface area contributed by atoms with Gasteiger partial charge in [-0.15, -0.1) is 0 Å². The number of nitrogens with one attached hydrogen (secondary N) is 1. The van der Waals surface area contributed by atoms with Crippen molar-refractivity contribution >= 4 is 0 Å². The van der Waals surface area contributed by atoms with Crippen LogP contribution in [0.3, 0.4) is 0 Å². The first-order valence-electron chi connectivity index (χ1n) is 7.61. The molecule has 1 aliphatic carbocycles. The molecule has 4 heteroatoms.